The first-order valence-corrected chi connectivity index (χ1v) is 7.85. The van der Waals surface area contributed by atoms with Crippen LogP contribution in [0.4, 0.5) is 110 Å². The number of carbonyl (C=O) groups excluding carboxylic acids is 1. The van der Waals surface area contributed by atoms with Gasteiger partial charge in [0, 0.05) is 0 Å². The van der Waals surface area contributed by atoms with Gasteiger partial charge in [0.05, 0.1) is 0 Å². The molecule has 27 heteroatoms. The molecule has 0 heterocycles. The van der Waals surface area contributed by atoms with Gasteiger partial charge >= 0.3 is 72.1 Å². The van der Waals surface area contributed by atoms with Gasteiger partial charge in [0.15, 0.2) is 0 Å². The van der Waals surface area contributed by atoms with Crippen molar-refractivity contribution >= 4 is 5.91 Å². The van der Waals surface area contributed by atoms with E-state index in [-0.39, 0.29) is 0 Å². The number of hydrogen-bond donors (Lipinski definition) is 0. The van der Waals surface area contributed by atoms with E-state index in [0.717, 1.165) is 0 Å². The summed E-state index contributed by atoms with van der Waals surface area (Å²) in [6.45, 7) is 0. The molecule has 0 fully saturated rings. The molecular formula is C12F25NO. The summed E-state index contributed by atoms with van der Waals surface area (Å²) in [6.07, 6.45) is -24.4. The van der Waals surface area contributed by atoms with Gasteiger partial charge < -0.3 is 0 Å². The molecular weight excluding hydrogens is 649 g/mol. The molecule has 1 amide bonds. The third kappa shape index (κ3) is 4.83. The van der Waals surface area contributed by atoms with Crippen molar-refractivity contribution in [3.63, 3.8) is 0 Å². The Morgan fingerprint density at radius 3 is 0.872 bits per heavy atom. The second-order valence-corrected chi connectivity index (χ2v) is 6.67. The Kier molecular flexibility index (Phi) is 8.34. The van der Waals surface area contributed by atoms with E-state index in [1.54, 1.807) is 0 Å². The van der Waals surface area contributed by atoms with Crippen LogP contribution >= 0.6 is 0 Å². The molecule has 0 saturated carbocycles. The van der Waals surface area contributed by atoms with Crippen LogP contribution in [0.25, 0.3) is 0 Å². The van der Waals surface area contributed by atoms with Crippen LogP contribution < -0.4 is 0 Å². The lowest BCUT2D eigenvalue weighted by Crippen LogP contribution is -2.76. The highest BCUT2D eigenvalue weighted by Gasteiger charge is 2.95. The number of rotatable bonds is 8. The molecule has 234 valence electrons. The standard InChI is InChI=1S/C12F25NO/c13-2(14,1(39)38(12(35,36)37)11(33,34)8(25,26)10(30,31)32)3(15,16)4(17,18)5(19,20)6(21,22)7(23,24)9(27,28)29. The maximum Gasteiger partial charge on any atom is 0.492 e. The average molecular weight is 649 g/mol. The van der Waals surface area contributed by atoms with Gasteiger partial charge in [0.25, 0.3) is 0 Å². The van der Waals surface area contributed by atoms with Gasteiger partial charge in [0.1, 0.15) is 0 Å². The van der Waals surface area contributed by atoms with E-state index in [9.17, 15) is 115 Å². The molecule has 2 nitrogen and oxygen atoms in total. The minimum absolute atomic E-state index is 4.88. The summed E-state index contributed by atoms with van der Waals surface area (Å²) in [6, 6.07) is -8.62. The highest BCUT2D eigenvalue weighted by atomic mass is 19.4. The summed E-state index contributed by atoms with van der Waals surface area (Å²) in [4.78, 5) is 6.08. The second-order valence-electron chi connectivity index (χ2n) is 6.67. The van der Waals surface area contributed by atoms with Crippen molar-refractivity contribution < 1.29 is 115 Å². The fourth-order valence-corrected chi connectivity index (χ4v) is 1.95. The molecule has 0 rings (SSSR count). The minimum Gasteiger partial charge on any atom is -0.267 e. The molecule has 39 heavy (non-hydrogen) atoms. The smallest absolute Gasteiger partial charge is 0.267 e. The molecule has 0 N–H and O–H groups in total. The molecule has 0 aliphatic rings. The zero-order chi connectivity index (χ0) is 32.7. The second kappa shape index (κ2) is 8.86. The zero-order valence-corrected chi connectivity index (χ0v) is 16.3. The van der Waals surface area contributed by atoms with Crippen molar-refractivity contribution in [3.05, 3.63) is 0 Å². The lowest BCUT2D eigenvalue weighted by atomic mass is 9.90. The Hall–Kier alpha value is -2.28. The summed E-state index contributed by atoms with van der Waals surface area (Å²) in [5.41, 5.74) is 0. The van der Waals surface area contributed by atoms with E-state index >= 15 is 0 Å². The fraction of sp³-hybridized carbons (Fsp3) is 0.917. The highest BCUT2D eigenvalue weighted by Crippen LogP contribution is 2.63. The molecule has 0 radical (unpaired) electrons. The van der Waals surface area contributed by atoms with E-state index in [4.69, 9.17) is 0 Å². The predicted octanol–water partition coefficient (Wildman–Crippen LogP) is 7.50. The number of hydrogen-bond acceptors (Lipinski definition) is 1. The van der Waals surface area contributed by atoms with Gasteiger partial charge in [-0.25, -0.2) is 0 Å². The zero-order valence-electron chi connectivity index (χ0n) is 16.3. The molecule has 0 aromatic heterocycles. The van der Waals surface area contributed by atoms with Gasteiger partial charge in [0.2, 0.25) is 0 Å². The Balaban J connectivity index is 7.31. The normalized spacial score (nSPS) is 16.4. The van der Waals surface area contributed by atoms with E-state index in [1.165, 1.54) is 0 Å². The highest BCUT2D eigenvalue weighted by molar-refractivity contribution is 5.86. The van der Waals surface area contributed by atoms with Crippen LogP contribution in [-0.4, -0.2) is 77.0 Å². The van der Waals surface area contributed by atoms with Crippen LogP contribution in [0.15, 0.2) is 0 Å². The summed E-state index contributed by atoms with van der Waals surface area (Å²) >= 11 is 0. The Bertz CT molecular complexity index is 917. The fourth-order valence-electron chi connectivity index (χ4n) is 1.95. The topological polar surface area (TPSA) is 20.3 Å². The first-order chi connectivity index (χ1) is 16.3. The molecule has 0 saturated heterocycles. The Morgan fingerprint density at radius 1 is 0.359 bits per heavy atom. The maximum atomic E-state index is 13.6. The van der Waals surface area contributed by atoms with Gasteiger partial charge in [-0.3, -0.25) is 4.79 Å². The number of halogens is 25. The van der Waals surface area contributed by atoms with Crippen LogP contribution in [0.3, 0.4) is 0 Å². The van der Waals surface area contributed by atoms with E-state index in [1.807, 2.05) is 0 Å². The van der Waals surface area contributed by atoms with Gasteiger partial charge in [-0.2, -0.15) is 101 Å². The molecule has 0 aromatic carbocycles. The number of alkyl halides is 25. The van der Waals surface area contributed by atoms with Crippen molar-refractivity contribution in [3.8, 4) is 0 Å². The molecule has 0 aliphatic heterocycles. The maximum absolute atomic E-state index is 13.6. The number of carbonyl (C=O) groups is 1. The van der Waals surface area contributed by atoms with Crippen LogP contribution in [-0.2, 0) is 4.79 Å². The van der Waals surface area contributed by atoms with Gasteiger partial charge in [-0.05, 0) is 0 Å². The van der Waals surface area contributed by atoms with Crippen LogP contribution in [0.5, 0.6) is 0 Å². The van der Waals surface area contributed by atoms with Gasteiger partial charge in [-0.1, -0.05) is 0 Å². The Labute approximate surface area is 193 Å². The summed E-state index contributed by atoms with van der Waals surface area (Å²) in [5, 5.41) is 0. The quantitative estimate of drug-likeness (QED) is 0.197. The molecule has 0 spiro atoms. The summed E-state index contributed by atoms with van der Waals surface area (Å²) in [5.74, 6) is -69.0. The lowest BCUT2D eigenvalue weighted by molar-refractivity contribution is -0.453. The van der Waals surface area contributed by atoms with Crippen molar-refractivity contribution in [2.24, 2.45) is 0 Å². The predicted molar refractivity (Wildman–Crippen MR) is 64.6 cm³/mol. The van der Waals surface area contributed by atoms with Crippen LogP contribution in [0, 0.1) is 0 Å². The van der Waals surface area contributed by atoms with Crippen molar-refractivity contribution in [1.29, 1.82) is 0 Å². The molecule has 0 aromatic rings. The number of amides is 1. The van der Waals surface area contributed by atoms with Crippen molar-refractivity contribution in [2.75, 3.05) is 0 Å². The largest absolute Gasteiger partial charge is 0.492 e. The van der Waals surface area contributed by atoms with Gasteiger partial charge in [-0.15, -0.1) is 13.2 Å². The SMILES string of the molecule is O=C(N(C(F)(F)F)C(F)(F)C(F)(F)C(F)(F)F)C(F)(F)C(F)(F)C(F)(F)C(F)(F)C(F)(F)C(F)(F)C(F)(F)F. The first-order valence-electron chi connectivity index (χ1n) is 7.85. The van der Waals surface area contributed by atoms with Crippen LogP contribution in [0.1, 0.15) is 0 Å². The van der Waals surface area contributed by atoms with Crippen molar-refractivity contribution in [2.45, 2.75) is 66.2 Å². The third-order valence-corrected chi connectivity index (χ3v) is 4.07. The molecule has 0 atom stereocenters. The first kappa shape index (κ1) is 36.7. The Morgan fingerprint density at radius 2 is 0.615 bits per heavy atom. The molecule has 0 aliphatic carbocycles. The monoisotopic (exact) mass is 649 g/mol. The summed E-state index contributed by atoms with van der Waals surface area (Å²) < 4.78 is 320. The summed E-state index contributed by atoms with van der Waals surface area (Å²) in [7, 11) is 0. The third-order valence-electron chi connectivity index (χ3n) is 4.07. The minimum atomic E-state index is -9.35. The average Bonchev–Trinajstić information content (AvgIpc) is 2.63. The molecule has 0 unspecified atom stereocenters. The van der Waals surface area contributed by atoms with Crippen LogP contribution in [0.2, 0.25) is 0 Å². The van der Waals surface area contributed by atoms with E-state index < -0.39 is 77.0 Å². The van der Waals surface area contributed by atoms with Crippen molar-refractivity contribution in [1.82, 2.24) is 4.90 Å². The van der Waals surface area contributed by atoms with E-state index in [2.05, 4.69) is 0 Å². The lowest BCUT2D eigenvalue weighted by Gasteiger charge is -2.43. The van der Waals surface area contributed by atoms with E-state index in [0.29, 0.717) is 0 Å². The number of nitrogens with zero attached hydrogens (tertiary/aromatic N) is 1. The molecule has 0 bridgehead atoms.